The molecule has 0 atom stereocenters. The minimum atomic E-state index is -0.586. The molecule has 1 aliphatic carbocycles. The molecule has 0 aromatic carbocycles. The third kappa shape index (κ3) is 3.44. The molecular formula is C20H27N5O3. The number of fused-ring (bicyclic) bond motifs is 1. The number of aromatic hydroxyl groups is 1. The maximum Gasteiger partial charge on any atom is 0.291 e. The molecule has 3 N–H and O–H groups in total. The lowest BCUT2D eigenvalue weighted by Crippen LogP contribution is -2.35. The van der Waals surface area contributed by atoms with Crippen molar-refractivity contribution >= 4 is 17.1 Å². The van der Waals surface area contributed by atoms with Crippen molar-refractivity contribution in [1.82, 2.24) is 24.8 Å². The maximum absolute atomic E-state index is 13.0. The van der Waals surface area contributed by atoms with Gasteiger partial charge in [0.15, 0.2) is 5.56 Å². The average molecular weight is 385 g/mol. The minimum absolute atomic E-state index is 0.0890. The highest BCUT2D eigenvalue weighted by Gasteiger charge is 2.31. The van der Waals surface area contributed by atoms with Crippen LogP contribution in [-0.2, 0) is 6.54 Å². The molecule has 8 nitrogen and oxygen atoms in total. The number of nitrogens with one attached hydrogen (secondary N) is 2. The van der Waals surface area contributed by atoms with E-state index in [0.717, 1.165) is 43.5 Å². The van der Waals surface area contributed by atoms with E-state index in [4.69, 9.17) is 0 Å². The van der Waals surface area contributed by atoms with Crippen LogP contribution in [0.4, 0.5) is 0 Å². The fourth-order valence-electron chi connectivity index (χ4n) is 3.59. The molecular weight excluding hydrogens is 358 g/mol. The van der Waals surface area contributed by atoms with Gasteiger partial charge in [0.25, 0.3) is 11.5 Å². The zero-order valence-electron chi connectivity index (χ0n) is 16.6. The summed E-state index contributed by atoms with van der Waals surface area (Å²) in [6, 6.07) is 0.0890. The van der Waals surface area contributed by atoms with Crippen molar-refractivity contribution in [2.24, 2.45) is 5.41 Å². The predicted octanol–water partition coefficient (Wildman–Crippen LogP) is 1.52. The summed E-state index contributed by atoms with van der Waals surface area (Å²) in [6.45, 7) is 8.18. The van der Waals surface area contributed by atoms with Gasteiger partial charge < -0.3 is 15.7 Å². The van der Waals surface area contributed by atoms with Gasteiger partial charge in [0, 0.05) is 24.7 Å². The zero-order valence-corrected chi connectivity index (χ0v) is 16.6. The highest BCUT2D eigenvalue weighted by atomic mass is 16.3. The van der Waals surface area contributed by atoms with E-state index < -0.39 is 11.5 Å². The third-order valence-electron chi connectivity index (χ3n) is 5.07. The summed E-state index contributed by atoms with van der Waals surface area (Å²) >= 11 is 0. The molecule has 0 unspecified atom stereocenters. The molecule has 1 aliphatic heterocycles. The molecule has 0 spiro atoms. The molecule has 150 valence electrons. The summed E-state index contributed by atoms with van der Waals surface area (Å²) in [7, 11) is 0. The number of nitrogens with zero attached hydrogens (tertiary/aromatic N) is 3. The zero-order chi connectivity index (χ0) is 20.1. The van der Waals surface area contributed by atoms with E-state index in [2.05, 4.69) is 21.8 Å². The Hall–Kier alpha value is -2.61. The first-order valence-electron chi connectivity index (χ1n) is 9.81. The Morgan fingerprint density at radius 1 is 1.39 bits per heavy atom. The maximum atomic E-state index is 13.0. The molecule has 0 radical (unpaired) electrons. The Bertz CT molecular complexity index is 1020. The largest absolute Gasteiger partial charge is 0.494 e. The van der Waals surface area contributed by atoms with Crippen LogP contribution in [0.25, 0.3) is 11.2 Å². The van der Waals surface area contributed by atoms with Crippen LogP contribution in [-0.4, -0.2) is 44.3 Å². The van der Waals surface area contributed by atoms with E-state index in [-0.39, 0.29) is 22.9 Å². The average Bonchev–Trinajstić information content (AvgIpc) is 3.32. The van der Waals surface area contributed by atoms with Crippen LogP contribution in [0.2, 0.25) is 0 Å². The van der Waals surface area contributed by atoms with Gasteiger partial charge in [-0.2, -0.15) is 9.61 Å². The van der Waals surface area contributed by atoms with Crippen LogP contribution in [0.1, 0.15) is 56.0 Å². The van der Waals surface area contributed by atoms with Crippen LogP contribution >= 0.6 is 0 Å². The lowest BCUT2D eigenvalue weighted by atomic mass is 9.96. The van der Waals surface area contributed by atoms with Gasteiger partial charge in [0.2, 0.25) is 5.88 Å². The van der Waals surface area contributed by atoms with Gasteiger partial charge in [0.1, 0.15) is 5.65 Å². The molecule has 0 saturated heterocycles. The molecule has 1 saturated carbocycles. The Labute approximate surface area is 163 Å². The van der Waals surface area contributed by atoms with Gasteiger partial charge in [-0.1, -0.05) is 26.8 Å². The summed E-state index contributed by atoms with van der Waals surface area (Å²) in [5.41, 5.74) is 1.45. The third-order valence-corrected chi connectivity index (χ3v) is 5.07. The molecule has 8 heteroatoms. The van der Waals surface area contributed by atoms with Gasteiger partial charge in [0.05, 0.1) is 6.20 Å². The number of hydrogen-bond acceptors (Lipinski definition) is 5. The molecule has 28 heavy (non-hydrogen) atoms. The standard InChI is InChI=1S/C20H27N5O3/c1-20(2,3)11-24-17-14(12-6-8-21-9-7-12)10-22-25(17)19(28)15(18(24)27)16(26)23-13-4-5-13/h6,10,13,21,27H,4-5,7-9,11H2,1-3H3,(H,23,26). The van der Waals surface area contributed by atoms with Crippen molar-refractivity contribution in [3.8, 4) is 5.88 Å². The summed E-state index contributed by atoms with van der Waals surface area (Å²) in [5, 5.41) is 21.4. The molecule has 1 amide bonds. The summed E-state index contributed by atoms with van der Waals surface area (Å²) in [6.07, 6.45) is 6.36. The Balaban J connectivity index is 1.95. The van der Waals surface area contributed by atoms with Crippen molar-refractivity contribution in [2.75, 3.05) is 13.1 Å². The SMILES string of the molecule is CC(C)(C)Cn1c(O)c(C(=O)NC2CC2)c(=O)n2ncc(C3=CCNCC3)c12. The van der Waals surface area contributed by atoms with E-state index in [9.17, 15) is 14.7 Å². The van der Waals surface area contributed by atoms with Crippen molar-refractivity contribution in [3.63, 3.8) is 0 Å². The number of carbonyl (C=O) groups is 1. The van der Waals surface area contributed by atoms with Gasteiger partial charge >= 0.3 is 0 Å². The molecule has 2 aliphatic rings. The van der Waals surface area contributed by atoms with Crippen molar-refractivity contribution < 1.29 is 9.90 Å². The van der Waals surface area contributed by atoms with E-state index in [0.29, 0.717) is 12.2 Å². The quantitative estimate of drug-likeness (QED) is 0.741. The summed E-state index contributed by atoms with van der Waals surface area (Å²) in [5.74, 6) is -0.824. The minimum Gasteiger partial charge on any atom is -0.494 e. The first kappa shape index (κ1) is 18.7. The number of carbonyl (C=O) groups excluding carboxylic acids is 1. The van der Waals surface area contributed by atoms with Crippen molar-refractivity contribution in [1.29, 1.82) is 0 Å². The fourth-order valence-corrected chi connectivity index (χ4v) is 3.59. The van der Waals surface area contributed by atoms with Gasteiger partial charge in [-0.15, -0.1) is 0 Å². The number of hydrogen-bond donors (Lipinski definition) is 3. The van der Waals surface area contributed by atoms with Crippen molar-refractivity contribution in [3.05, 3.63) is 33.8 Å². The van der Waals surface area contributed by atoms with E-state index in [1.807, 2.05) is 20.8 Å². The second-order valence-electron chi connectivity index (χ2n) is 8.88. The van der Waals surface area contributed by atoms with Gasteiger partial charge in [-0.25, -0.2) is 0 Å². The molecule has 3 heterocycles. The van der Waals surface area contributed by atoms with Gasteiger partial charge in [-0.05, 0) is 36.8 Å². The lowest BCUT2D eigenvalue weighted by Gasteiger charge is -2.24. The second kappa shape index (κ2) is 6.77. The molecule has 2 aromatic heterocycles. The smallest absolute Gasteiger partial charge is 0.291 e. The molecule has 4 rings (SSSR count). The lowest BCUT2D eigenvalue weighted by molar-refractivity contribution is 0.0944. The highest BCUT2D eigenvalue weighted by Crippen LogP contribution is 2.30. The van der Waals surface area contributed by atoms with E-state index >= 15 is 0 Å². The van der Waals surface area contributed by atoms with Gasteiger partial charge in [-0.3, -0.25) is 14.2 Å². The molecule has 2 aromatic rings. The van der Waals surface area contributed by atoms with Crippen LogP contribution in [0.3, 0.4) is 0 Å². The number of amides is 1. The molecule has 1 fully saturated rings. The first-order chi connectivity index (χ1) is 13.3. The predicted molar refractivity (Wildman–Crippen MR) is 107 cm³/mol. The number of aromatic nitrogens is 3. The van der Waals surface area contributed by atoms with Crippen LogP contribution in [0.15, 0.2) is 17.1 Å². The van der Waals surface area contributed by atoms with E-state index in [1.54, 1.807) is 10.8 Å². The van der Waals surface area contributed by atoms with Crippen LogP contribution in [0, 0.1) is 5.41 Å². The van der Waals surface area contributed by atoms with E-state index in [1.165, 1.54) is 4.52 Å². The second-order valence-corrected chi connectivity index (χ2v) is 8.88. The first-order valence-corrected chi connectivity index (χ1v) is 9.81. The van der Waals surface area contributed by atoms with Crippen LogP contribution in [0.5, 0.6) is 5.88 Å². The fraction of sp³-hybridized carbons (Fsp3) is 0.550. The normalized spacial score (nSPS) is 17.6. The highest BCUT2D eigenvalue weighted by molar-refractivity contribution is 5.97. The Morgan fingerprint density at radius 2 is 2.14 bits per heavy atom. The summed E-state index contributed by atoms with van der Waals surface area (Å²) < 4.78 is 2.92. The Morgan fingerprint density at radius 3 is 2.75 bits per heavy atom. The van der Waals surface area contributed by atoms with Crippen LogP contribution < -0.4 is 16.2 Å². The van der Waals surface area contributed by atoms with Crippen molar-refractivity contribution in [2.45, 2.75) is 52.6 Å². The summed E-state index contributed by atoms with van der Waals surface area (Å²) in [4.78, 5) is 25.7. The Kier molecular flexibility index (Phi) is 4.53. The monoisotopic (exact) mass is 385 g/mol. The number of rotatable bonds is 4. The molecule has 0 bridgehead atoms. The topological polar surface area (TPSA) is 101 Å².